The largest absolute Gasteiger partial charge is 0.497 e. The van der Waals surface area contributed by atoms with Gasteiger partial charge in [-0.05, 0) is 54.8 Å². The van der Waals surface area contributed by atoms with Crippen LogP contribution in [0.15, 0.2) is 54.6 Å². The molecule has 15 atom stereocenters. The van der Waals surface area contributed by atoms with Crippen molar-refractivity contribution in [1.29, 1.82) is 0 Å². The summed E-state index contributed by atoms with van der Waals surface area (Å²) in [7, 11) is 1.52. The Hall–Kier alpha value is -4.29. The zero-order chi connectivity index (χ0) is 43.7. The number of methoxy groups -OCH3 is 1. The van der Waals surface area contributed by atoms with Crippen molar-refractivity contribution in [3.05, 3.63) is 65.7 Å². The van der Waals surface area contributed by atoms with E-state index in [1.807, 2.05) is 0 Å². The number of nitrogens with one attached hydrogen (secondary N) is 1. The van der Waals surface area contributed by atoms with E-state index in [4.69, 9.17) is 42.6 Å². The molecule has 0 spiro atoms. The second kappa shape index (κ2) is 21.5. The summed E-state index contributed by atoms with van der Waals surface area (Å²) in [4.78, 5) is 36.4. The topological polar surface area (TPSA) is 288 Å². The van der Waals surface area contributed by atoms with Crippen molar-refractivity contribution < 1.29 is 92.8 Å². The number of benzene rings is 2. The summed E-state index contributed by atoms with van der Waals surface area (Å²) in [6.07, 6.45) is -21.8. The molecule has 1 amide bonds. The quantitative estimate of drug-likeness (QED) is 0.0674. The summed E-state index contributed by atoms with van der Waals surface area (Å²) < 4.78 is 52.3. The Morgan fingerprint density at radius 3 is 1.88 bits per heavy atom. The number of hydrogen-bond acceptors (Lipinski definition) is 19. The second-order valence-electron chi connectivity index (χ2n) is 14.4. The molecular formula is C40H53NO19. The molecule has 20 heteroatoms. The predicted octanol–water partition coefficient (Wildman–Crippen LogP) is -1.94. The molecule has 0 aromatic heterocycles. The molecule has 3 fully saturated rings. The molecule has 3 aliphatic rings. The molecule has 5 rings (SSSR count). The van der Waals surface area contributed by atoms with Crippen molar-refractivity contribution >= 4 is 23.9 Å². The van der Waals surface area contributed by atoms with Crippen LogP contribution in [0.25, 0.3) is 6.08 Å². The van der Waals surface area contributed by atoms with E-state index in [9.17, 15) is 50.1 Å². The fourth-order valence-corrected chi connectivity index (χ4v) is 6.72. The van der Waals surface area contributed by atoms with Crippen molar-refractivity contribution in [2.75, 3.05) is 26.9 Å². The van der Waals surface area contributed by atoms with Gasteiger partial charge in [0.1, 0.15) is 73.0 Å². The number of carbonyl (C=O) groups excluding carboxylic acids is 3. The fraction of sp³-hybridized carbons (Fsp3) is 0.575. The maximum atomic E-state index is 12.6. The van der Waals surface area contributed by atoms with E-state index in [1.165, 1.54) is 27.0 Å². The minimum Gasteiger partial charge on any atom is -0.497 e. The summed E-state index contributed by atoms with van der Waals surface area (Å²) in [5.41, 5.74) is 1.50. The Balaban J connectivity index is 1.42. The van der Waals surface area contributed by atoms with Crippen LogP contribution < -0.4 is 14.8 Å². The van der Waals surface area contributed by atoms with Gasteiger partial charge in [0.25, 0.3) is 0 Å². The first kappa shape index (κ1) is 46.8. The molecule has 3 aliphatic heterocycles. The first-order valence-corrected chi connectivity index (χ1v) is 19.2. The molecular weight excluding hydrogens is 798 g/mol. The fourth-order valence-electron chi connectivity index (χ4n) is 6.72. The van der Waals surface area contributed by atoms with Crippen LogP contribution in [0.5, 0.6) is 11.5 Å². The minimum absolute atomic E-state index is 0.184. The van der Waals surface area contributed by atoms with Gasteiger partial charge in [-0.2, -0.15) is 0 Å². The van der Waals surface area contributed by atoms with Crippen LogP contribution in [0.2, 0.25) is 0 Å². The minimum atomic E-state index is -1.97. The Morgan fingerprint density at radius 2 is 1.30 bits per heavy atom. The van der Waals surface area contributed by atoms with Gasteiger partial charge in [-0.25, -0.2) is 4.79 Å². The lowest BCUT2D eigenvalue weighted by Crippen LogP contribution is -2.67. The Morgan fingerprint density at radius 1 is 0.717 bits per heavy atom. The van der Waals surface area contributed by atoms with Crippen LogP contribution in [0.4, 0.5) is 0 Å². The molecule has 2 aromatic carbocycles. The zero-order valence-electron chi connectivity index (χ0n) is 33.3. The van der Waals surface area contributed by atoms with Crippen LogP contribution in [-0.2, 0) is 54.0 Å². The molecule has 0 aliphatic carbocycles. The number of rotatable bonds is 16. The van der Waals surface area contributed by atoms with E-state index in [0.717, 1.165) is 18.6 Å². The average Bonchev–Trinajstić information content (AvgIpc) is 3.22. The highest BCUT2D eigenvalue weighted by molar-refractivity contribution is 5.87. The highest BCUT2D eigenvalue weighted by Crippen LogP contribution is 2.36. The van der Waals surface area contributed by atoms with E-state index >= 15 is 0 Å². The Labute approximate surface area is 345 Å². The summed E-state index contributed by atoms with van der Waals surface area (Å²) in [6, 6.07) is 13.4. The lowest BCUT2D eigenvalue weighted by molar-refractivity contribution is -0.382. The number of hydrogen-bond donors (Lipinski definition) is 8. The van der Waals surface area contributed by atoms with Crippen molar-refractivity contribution in [3.8, 4) is 11.5 Å². The van der Waals surface area contributed by atoms with Crippen molar-refractivity contribution in [1.82, 2.24) is 5.32 Å². The Bertz CT molecular complexity index is 1730. The molecule has 3 heterocycles. The second-order valence-corrected chi connectivity index (χ2v) is 14.4. The van der Waals surface area contributed by atoms with E-state index in [2.05, 4.69) is 5.32 Å². The van der Waals surface area contributed by atoms with Crippen molar-refractivity contribution in [3.63, 3.8) is 0 Å². The molecule has 20 nitrogen and oxygen atoms in total. The number of esters is 2. The normalized spacial score (nSPS) is 34.4. The number of amides is 1. The Kier molecular flexibility index (Phi) is 16.7. The SMILES string of the molecule is COc1ccc(C=CC(=O)OCC2OC(OC3C(Oc4ccc(CCNC(C)=O)cc4)OC(C)C(OC(C)=O)C3OC3OC(CO)C(O)C(O)C3O)C(O)C(O)C2O)cc1. The first-order valence-electron chi connectivity index (χ1n) is 19.2. The van der Waals surface area contributed by atoms with E-state index in [0.29, 0.717) is 24.3 Å². The molecule has 0 radical (unpaired) electrons. The maximum absolute atomic E-state index is 12.6. The van der Waals surface area contributed by atoms with Gasteiger partial charge < -0.3 is 83.7 Å². The van der Waals surface area contributed by atoms with Gasteiger partial charge in [0.15, 0.2) is 24.8 Å². The molecule has 3 saturated heterocycles. The van der Waals surface area contributed by atoms with Gasteiger partial charge in [0.05, 0.1) is 19.8 Å². The molecule has 15 unspecified atom stereocenters. The van der Waals surface area contributed by atoms with Crippen LogP contribution in [0, 0.1) is 0 Å². The smallest absolute Gasteiger partial charge is 0.330 e. The zero-order valence-corrected chi connectivity index (χ0v) is 33.3. The van der Waals surface area contributed by atoms with E-state index < -0.39 is 117 Å². The van der Waals surface area contributed by atoms with Gasteiger partial charge in [-0.15, -0.1) is 0 Å². The standard InChI is InChI=1S/C40H53NO19/c1-19-35(55-21(3)44)36(59-38-33(50)31(48)29(46)26(17-42)57-38)37(40(54-19)56-25-12-7-23(8-13-25)15-16-41-20(2)43)60-39-34(51)32(49)30(47)27(58-39)18-53-28(45)14-9-22-5-10-24(52-4)11-6-22/h5-14,19,26-27,29-40,42,46-51H,15-18H2,1-4H3,(H,41,43). The number of carbonyl (C=O) groups is 3. The predicted molar refractivity (Wildman–Crippen MR) is 203 cm³/mol. The van der Waals surface area contributed by atoms with Crippen molar-refractivity contribution in [2.45, 2.75) is 119 Å². The van der Waals surface area contributed by atoms with Gasteiger partial charge in [-0.1, -0.05) is 24.3 Å². The number of aliphatic hydroxyl groups is 7. The maximum Gasteiger partial charge on any atom is 0.330 e. The summed E-state index contributed by atoms with van der Waals surface area (Å²) in [5, 5.41) is 77.4. The highest BCUT2D eigenvalue weighted by atomic mass is 16.8. The van der Waals surface area contributed by atoms with E-state index in [1.54, 1.807) is 48.5 Å². The highest BCUT2D eigenvalue weighted by Gasteiger charge is 2.55. The first-order chi connectivity index (χ1) is 28.6. The van der Waals surface area contributed by atoms with Gasteiger partial charge in [0.2, 0.25) is 12.2 Å². The molecule has 8 N–H and O–H groups in total. The van der Waals surface area contributed by atoms with Gasteiger partial charge >= 0.3 is 11.9 Å². The van der Waals surface area contributed by atoms with Crippen LogP contribution >= 0.6 is 0 Å². The third kappa shape index (κ3) is 12.0. The monoisotopic (exact) mass is 851 g/mol. The van der Waals surface area contributed by atoms with Gasteiger partial charge in [0, 0.05) is 26.5 Å². The summed E-state index contributed by atoms with van der Waals surface area (Å²) >= 11 is 0. The molecule has 0 bridgehead atoms. The van der Waals surface area contributed by atoms with Crippen LogP contribution in [-0.4, -0.2) is 173 Å². The third-order valence-electron chi connectivity index (χ3n) is 10.0. The van der Waals surface area contributed by atoms with E-state index in [-0.39, 0.29) is 11.7 Å². The lowest BCUT2D eigenvalue weighted by atomic mass is 9.96. The van der Waals surface area contributed by atoms with Crippen molar-refractivity contribution in [2.24, 2.45) is 0 Å². The van der Waals surface area contributed by atoms with Gasteiger partial charge in [-0.3, -0.25) is 9.59 Å². The lowest BCUT2D eigenvalue weighted by Gasteiger charge is -2.49. The average molecular weight is 852 g/mol. The van der Waals surface area contributed by atoms with Crippen LogP contribution in [0.1, 0.15) is 31.9 Å². The number of aliphatic hydroxyl groups excluding tert-OH is 7. The molecule has 60 heavy (non-hydrogen) atoms. The molecule has 0 saturated carbocycles. The number of ether oxygens (including phenoxy) is 9. The summed E-state index contributed by atoms with van der Waals surface area (Å²) in [5.74, 6) is -0.990. The summed E-state index contributed by atoms with van der Waals surface area (Å²) in [6.45, 7) is 2.99. The molecule has 332 valence electrons. The third-order valence-corrected chi connectivity index (χ3v) is 10.0. The molecule has 2 aromatic rings. The van der Waals surface area contributed by atoms with Crippen LogP contribution in [0.3, 0.4) is 0 Å².